The smallest absolute Gasteiger partial charge is 0.164 e. The summed E-state index contributed by atoms with van der Waals surface area (Å²) in [5, 5.41) is 2.46. The van der Waals surface area contributed by atoms with Crippen molar-refractivity contribution in [1.82, 2.24) is 19.5 Å². The van der Waals surface area contributed by atoms with Crippen LogP contribution in [0.1, 0.15) is 38.8 Å². The number of hydrogen-bond donors (Lipinski definition) is 0. The number of nitrogens with zero attached hydrogens (tertiary/aromatic N) is 4. The Bertz CT molecular complexity index is 2840. The summed E-state index contributed by atoms with van der Waals surface area (Å²) in [5.74, 6) is 1.95. The Morgan fingerprint density at radius 2 is 0.836 bits per heavy atom. The van der Waals surface area contributed by atoms with Crippen molar-refractivity contribution in [1.29, 1.82) is 0 Å². The first kappa shape index (κ1) is 33.0. The van der Waals surface area contributed by atoms with Crippen LogP contribution in [0.3, 0.4) is 0 Å². The molecule has 7 aromatic carbocycles. The van der Waals surface area contributed by atoms with E-state index in [1.54, 1.807) is 0 Å². The molecule has 1 aliphatic carbocycles. The molecule has 0 aliphatic heterocycles. The summed E-state index contributed by atoms with van der Waals surface area (Å²) in [7, 11) is 0. The van der Waals surface area contributed by atoms with Crippen LogP contribution in [-0.2, 0) is 10.8 Å². The van der Waals surface area contributed by atoms with Gasteiger partial charge in [-0.1, -0.05) is 155 Å². The van der Waals surface area contributed by atoms with Crippen molar-refractivity contribution in [2.75, 3.05) is 0 Å². The lowest BCUT2D eigenvalue weighted by Gasteiger charge is -2.48. The van der Waals surface area contributed by atoms with Gasteiger partial charge in [-0.3, -0.25) is 0 Å². The highest BCUT2D eigenvalue weighted by molar-refractivity contribution is 6.10. The lowest BCUT2D eigenvalue weighted by atomic mass is 9.55. The molecule has 4 nitrogen and oxygen atoms in total. The Labute approximate surface area is 321 Å². The van der Waals surface area contributed by atoms with Crippen LogP contribution in [0.4, 0.5) is 0 Å². The third-order valence-electron chi connectivity index (χ3n) is 12.2. The van der Waals surface area contributed by atoms with Gasteiger partial charge < -0.3 is 4.57 Å². The van der Waals surface area contributed by atoms with E-state index in [4.69, 9.17) is 15.0 Å². The molecular formula is C51H40N4. The fraction of sp³-hybridized carbons (Fsp3) is 0.118. The second-order valence-corrected chi connectivity index (χ2v) is 15.7. The molecule has 10 rings (SSSR count). The zero-order valence-corrected chi connectivity index (χ0v) is 31.5. The van der Waals surface area contributed by atoms with Gasteiger partial charge in [-0.2, -0.15) is 0 Å². The fourth-order valence-corrected chi connectivity index (χ4v) is 8.54. The van der Waals surface area contributed by atoms with Crippen LogP contribution in [0.15, 0.2) is 170 Å². The van der Waals surface area contributed by atoms with Crippen LogP contribution >= 0.6 is 0 Å². The van der Waals surface area contributed by atoms with Gasteiger partial charge in [-0.25, -0.2) is 15.0 Å². The molecule has 264 valence electrons. The van der Waals surface area contributed by atoms with Gasteiger partial charge in [-0.05, 0) is 86.7 Å². The Morgan fingerprint density at radius 1 is 0.364 bits per heavy atom. The molecule has 0 amide bonds. The maximum Gasteiger partial charge on any atom is 0.164 e. The normalized spacial score (nSPS) is 14.1. The average Bonchev–Trinajstić information content (AvgIpc) is 3.57. The minimum Gasteiger partial charge on any atom is -0.309 e. The van der Waals surface area contributed by atoms with E-state index in [0.717, 1.165) is 22.4 Å². The third kappa shape index (κ3) is 5.24. The predicted molar refractivity (Wildman–Crippen MR) is 227 cm³/mol. The Hall–Kier alpha value is -6.65. The number of hydrogen-bond acceptors (Lipinski definition) is 3. The lowest BCUT2D eigenvalue weighted by molar-refractivity contribution is 0.299. The van der Waals surface area contributed by atoms with E-state index >= 15 is 0 Å². The van der Waals surface area contributed by atoms with Crippen molar-refractivity contribution in [2.45, 2.75) is 38.5 Å². The van der Waals surface area contributed by atoms with Gasteiger partial charge >= 0.3 is 0 Å². The van der Waals surface area contributed by atoms with E-state index < -0.39 is 0 Å². The van der Waals surface area contributed by atoms with Crippen molar-refractivity contribution < 1.29 is 0 Å². The fourth-order valence-electron chi connectivity index (χ4n) is 8.54. The Kier molecular flexibility index (Phi) is 7.47. The molecule has 55 heavy (non-hydrogen) atoms. The van der Waals surface area contributed by atoms with E-state index in [-0.39, 0.29) is 10.8 Å². The van der Waals surface area contributed by atoms with Crippen LogP contribution in [0, 0.1) is 0 Å². The summed E-state index contributed by atoms with van der Waals surface area (Å²) < 4.78 is 2.39. The molecule has 0 atom stereocenters. The lowest BCUT2D eigenvalue weighted by Crippen LogP contribution is -2.43. The summed E-state index contributed by atoms with van der Waals surface area (Å²) in [6, 6.07) is 60.5. The summed E-state index contributed by atoms with van der Waals surface area (Å²) in [6.07, 6.45) is 0. The largest absolute Gasteiger partial charge is 0.309 e. The monoisotopic (exact) mass is 708 g/mol. The van der Waals surface area contributed by atoms with Crippen LogP contribution < -0.4 is 0 Å². The van der Waals surface area contributed by atoms with Gasteiger partial charge in [0.15, 0.2) is 17.5 Å². The summed E-state index contributed by atoms with van der Waals surface area (Å²) in [5.41, 5.74) is 14.1. The van der Waals surface area contributed by atoms with Gasteiger partial charge in [0.2, 0.25) is 0 Å². The molecule has 0 N–H and O–H groups in total. The Balaban J connectivity index is 1.09. The molecule has 9 aromatic rings. The van der Waals surface area contributed by atoms with Crippen LogP contribution in [0.2, 0.25) is 0 Å². The number of aromatic nitrogens is 4. The molecular weight excluding hydrogens is 669 g/mol. The van der Waals surface area contributed by atoms with Crippen LogP contribution in [-0.4, -0.2) is 19.5 Å². The van der Waals surface area contributed by atoms with Crippen LogP contribution in [0.25, 0.3) is 83.9 Å². The van der Waals surface area contributed by atoms with Crippen molar-refractivity contribution in [3.05, 3.63) is 181 Å². The predicted octanol–water partition coefficient (Wildman–Crippen LogP) is 12.9. The topological polar surface area (TPSA) is 43.6 Å². The van der Waals surface area contributed by atoms with E-state index in [0.29, 0.717) is 17.5 Å². The highest BCUT2D eigenvalue weighted by atomic mass is 15.0. The highest BCUT2D eigenvalue weighted by Gasteiger charge is 2.45. The summed E-state index contributed by atoms with van der Waals surface area (Å²) >= 11 is 0. The molecule has 0 radical (unpaired) electrons. The second-order valence-electron chi connectivity index (χ2n) is 15.7. The van der Waals surface area contributed by atoms with Gasteiger partial charge in [0, 0.05) is 33.2 Å². The highest BCUT2D eigenvalue weighted by Crippen LogP contribution is 2.54. The molecule has 0 unspecified atom stereocenters. The van der Waals surface area contributed by atoms with Crippen molar-refractivity contribution in [3.8, 4) is 62.1 Å². The molecule has 0 saturated heterocycles. The van der Waals surface area contributed by atoms with Gasteiger partial charge in [0.25, 0.3) is 0 Å². The summed E-state index contributed by atoms with van der Waals surface area (Å²) in [6.45, 7) is 9.58. The van der Waals surface area contributed by atoms with Crippen molar-refractivity contribution in [3.63, 3.8) is 0 Å². The van der Waals surface area contributed by atoms with E-state index in [1.165, 1.54) is 55.2 Å². The van der Waals surface area contributed by atoms with Gasteiger partial charge in [0.1, 0.15) is 0 Å². The number of para-hydroxylation sites is 1. The van der Waals surface area contributed by atoms with Crippen molar-refractivity contribution >= 4 is 21.8 Å². The van der Waals surface area contributed by atoms with Crippen molar-refractivity contribution in [2.24, 2.45) is 0 Å². The second kappa shape index (κ2) is 12.5. The van der Waals surface area contributed by atoms with Gasteiger partial charge in [-0.15, -0.1) is 0 Å². The molecule has 2 aromatic heterocycles. The minimum atomic E-state index is -0.0598. The van der Waals surface area contributed by atoms with E-state index in [9.17, 15) is 0 Å². The number of fused-ring (bicyclic) bond motifs is 6. The molecule has 1 aliphatic rings. The number of rotatable bonds is 5. The zero-order chi connectivity index (χ0) is 37.3. The molecule has 0 spiro atoms. The molecule has 2 heterocycles. The SMILES string of the molecule is CC1(C)c2ccccc2-c2ccc(-c3ccc4c5ccccc5n(-c5ccc(-c6nc(-c7ccccc7)nc(-c7ccccc7)n6)cc5)c4c3)cc2C1(C)C. The quantitative estimate of drug-likeness (QED) is 0.179. The third-order valence-corrected chi connectivity index (χ3v) is 12.2. The maximum absolute atomic E-state index is 4.97. The first-order valence-electron chi connectivity index (χ1n) is 19.0. The average molecular weight is 709 g/mol. The standard InChI is InChI=1S/C51H40N4/c1-50(2)43-21-13-11-19-39(43)40-29-25-36(31-44(40)51(50,3)4)37-26-30-42-41-20-12-14-22-45(41)55(46(42)32-37)38-27-23-35(24-28-38)49-53-47(33-15-7-5-8-16-33)52-48(54-49)34-17-9-6-10-18-34/h5-32H,1-4H3. The first-order valence-corrected chi connectivity index (χ1v) is 19.0. The van der Waals surface area contributed by atoms with E-state index in [2.05, 4.69) is 141 Å². The minimum absolute atomic E-state index is 0.0225. The number of benzene rings is 7. The molecule has 0 saturated carbocycles. The van der Waals surface area contributed by atoms with E-state index in [1.807, 2.05) is 60.7 Å². The molecule has 0 fully saturated rings. The van der Waals surface area contributed by atoms with Crippen LogP contribution in [0.5, 0.6) is 0 Å². The molecule has 0 bridgehead atoms. The summed E-state index contributed by atoms with van der Waals surface area (Å²) in [4.78, 5) is 14.8. The maximum atomic E-state index is 4.97. The molecule has 4 heteroatoms. The zero-order valence-electron chi connectivity index (χ0n) is 31.5. The Morgan fingerprint density at radius 3 is 1.51 bits per heavy atom. The van der Waals surface area contributed by atoms with Gasteiger partial charge in [0.05, 0.1) is 11.0 Å². The first-order chi connectivity index (χ1) is 26.8.